The lowest BCUT2D eigenvalue weighted by molar-refractivity contribution is 0.0698. The number of nitrogens with zero attached hydrogens (tertiary/aromatic N) is 1. The van der Waals surface area contributed by atoms with Gasteiger partial charge in [-0.05, 0) is 30.7 Å². The van der Waals surface area contributed by atoms with Gasteiger partial charge in [-0.15, -0.1) is 0 Å². The van der Waals surface area contributed by atoms with Crippen LogP contribution >= 0.6 is 0 Å². The van der Waals surface area contributed by atoms with E-state index in [-0.39, 0.29) is 16.9 Å². The maximum absolute atomic E-state index is 13.6. The Morgan fingerprint density at radius 3 is 2.83 bits per heavy atom. The fraction of sp³-hybridized carbons (Fsp3) is 0.0769. The van der Waals surface area contributed by atoms with Gasteiger partial charge in [0.25, 0.3) is 0 Å². The second kappa shape index (κ2) is 4.83. The van der Waals surface area contributed by atoms with Crippen LogP contribution in [0.5, 0.6) is 0 Å². The fourth-order valence-electron chi connectivity index (χ4n) is 1.56. The van der Waals surface area contributed by atoms with Crippen molar-refractivity contribution in [2.24, 2.45) is 0 Å². The minimum Gasteiger partial charge on any atom is -0.478 e. The molecule has 0 saturated heterocycles. The third-order valence-electron chi connectivity index (χ3n) is 2.44. The molecule has 2 aromatic rings. The van der Waals surface area contributed by atoms with Crippen molar-refractivity contribution in [1.29, 1.82) is 0 Å². The third-order valence-corrected chi connectivity index (χ3v) is 2.44. The van der Waals surface area contributed by atoms with Gasteiger partial charge in [0, 0.05) is 6.20 Å². The fourth-order valence-corrected chi connectivity index (χ4v) is 1.56. The molecule has 1 aromatic carbocycles. The number of aryl methyl sites for hydroxylation is 1. The van der Waals surface area contributed by atoms with Gasteiger partial charge in [-0.1, -0.05) is 6.07 Å². The number of aromatic carboxylic acids is 1. The second-order valence-corrected chi connectivity index (χ2v) is 3.83. The van der Waals surface area contributed by atoms with Crippen LogP contribution < -0.4 is 5.32 Å². The number of benzene rings is 1. The molecule has 0 atom stereocenters. The van der Waals surface area contributed by atoms with Crippen LogP contribution in [-0.4, -0.2) is 16.1 Å². The number of pyridine rings is 1. The van der Waals surface area contributed by atoms with E-state index < -0.39 is 11.8 Å². The molecule has 0 amide bonds. The van der Waals surface area contributed by atoms with Gasteiger partial charge in [-0.2, -0.15) is 0 Å². The van der Waals surface area contributed by atoms with E-state index in [1.165, 1.54) is 24.5 Å². The van der Waals surface area contributed by atoms with Crippen LogP contribution in [0.2, 0.25) is 0 Å². The van der Waals surface area contributed by atoms with Gasteiger partial charge in [-0.3, -0.25) is 4.98 Å². The zero-order valence-electron chi connectivity index (χ0n) is 9.64. The van der Waals surface area contributed by atoms with Crippen molar-refractivity contribution in [2.75, 3.05) is 5.32 Å². The summed E-state index contributed by atoms with van der Waals surface area (Å²) in [4.78, 5) is 14.8. The van der Waals surface area contributed by atoms with Gasteiger partial charge < -0.3 is 10.4 Å². The zero-order valence-corrected chi connectivity index (χ0v) is 9.64. The Hall–Kier alpha value is -2.43. The van der Waals surface area contributed by atoms with E-state index in [0.29, 0.717) is 0 Å². The van der Waals surface area contributed by atoms with Gasteiger partial charge in [0.05, 0.1) is 23.1 Å². The van der Waals surface area contributed by atoms with Gasteiger partial charge in [-0.25, -0.2) is 9.18 Å². The Kier molecular flexibility index (Phi) is 3.23. The predicted molar refractivity (Wildman–Crippen MR) is 65.6 cm³/mol. The molecule has 18 heavy (non-hydrogen) atoms. The normalized spacial score (nSPS) is 10.1. The number of rotatable bonds is 3. The summed E-state index contributed by atoms with van der Waals surface area (Å²) in [5.41, 5.74) is 1.41. The molecule has 5 heteroatoms. The molecule has 92 valence electrons. The van der Waals surface area contributed by atoms with Gasteiger partial charge >= 0.3 is 5.97 Å². The van der Waals surface area contributed by atoms with Crippen LogP contribution in [0.3, 0.4) is 0 Å². The molecule has 0 aliphatic carbocycles. The zero-order chi connectivity index (χ0) is 13.1. The molecule has 0 bridgehead atoms. The molecule has 0 aliphatic heterocycles. The van der Waals surface area contributed by atoms with E-state index in [4.69, 9.17) is 5.11 Å². The van der Waals surface area contributed by atoms with Crippen LogP contribution in [-0.2, 0) is 0 Å². The SMILES string of the molecule is Cc1ccc(F)c(Nc2cnccc2C(=O)O)c1. The van der Waals surface area contributed by atoms with Crippen molar-refractivity contribution in [2.45, 2.75) is 6.92 Å². The molecule has 2 rings (SSSR count). The molecule has 2 N–H and O–H groups in total. The highest BCUT2D eigenvalue weighted by Crippen LogP contribution is 2.23. The molecule has 0 spiro atoms. The lowest BCUT2D eigenvalue weighted by Gasteiger charge is -2.10. The number of carboxylic acid groups (broad SMARTS) is 1. The van der Waals surface area contributed by atoms with Crippen LogP contribution in [0.4, 0.5) is 15.8 Å². The first-order chi connectivity index (χ1) is 8.58. The number of aromatic nitrogens is 1. The predicted octanol–water partition coefficient (Wildman–Crippen LogP) is 2.97. The van der Waals surface area contributed by atoms with Crippen molar-refractivity contribution < 1.29 is 14.3 Å². The van der Waals surface area contributed by atoms with E-state index in [0.717, 1.165) is 5.56 Å². The number of hydrogen-bond acceptors (Lipinski definition) is 3. The second-order valence-electron chi connectivity index (χ2n) is 3.83. The van der Waals surface area contributed by atoms with Gasteiger partial charge in [0.15, 0.2) is 0 Å². The summed E-state index contributed by atoms with van der Waals surface area (Å²) >= 11 is 0. The Morgan fingerprint density at radius 1 is 1.33 bits per heavy atom. The molecule has 0 aliphatic rings. The molecule has 0 fully saturated rings. The van der Waals surface area contributed by atoms with Gasteiger partial charge in [0.2, 0.25) is 0 Å². The average molecular weight is 246 g/mol. The number of nitrogens with one attached hydrogen (secondary N) is 1. The molecule has 0 radical (unpaired) electrons. The van der Waals surface area contributed by atoms with Crippen LogP contribution in [0.15, 0.2) is 36.7 Å². The van der Waals surface area contributed by atoms with Crippen molar-refractivity contribution in [3.63, 3.8) is 0 Å². The first-order valence-corrected chi connectivity index (χ1v) is 5.28. The topological polar surface area (TPSA) is 62.2 Å². The minimum absolute atomic E-state index is 0.0471. The largest absolute Gasteiger partial charge is 0.478 e. The lowest BCUT2D eigenvalue weighted by atomic mass is 10.2. The summed E-state index contributed by atoms with van der Waals surface area (Å²) < 4.78 is 13.6. The van der Waals surface area contributed by atoms with Crippen LogP contribution in [0.25, 0.3) is 0 Å². The number of halogens is 1. The number of hydrogen-bond donors (Lipinski definition) is 2. The van der Waals surface area contributed by atoms with Crippen molar-refractivity contribution in [1.82, 2.24) is 4.98 Å². The highest BCUT2D eigenvalue weighted by Gasteiger charge is 2.11. The quantitative estimate of drug-likeness (QED) is 0.874. The number of carbonyl (C=O) groups is 1. The highest BCUT2D eigenvalue weighted by atomic mass is 19.1. The molecular formula is C13H11FN2O2. The molecular weight excluding hydrogens is 235 g/mol. The minimum atomic E-state index is -1.09. The maximum Gasteiger partial charge on any atom is 0.337 e. The first kappa shape index (κ1) is 12.0. The average Bonchev–Trinajstić information content (AvgIpc) is 2.34. The first-order valence-electron chi connectivity index (χ1n) is 5.28. The summed E-state index contributed by atoms with van der Waals surface area (Å²) in [6.07, 6.45) is 2.73. The van der Waals surface area contributed by atoms with E-state index in [9.17, 15) is 9.18 Å². The van der Waals surface area contributed by atoms with Crippen LogP contribution in [0.1, 0.15) is 15.9 Å². The standard InChI is InChI=1S/C13H11FN2O2/c1-8-2-3-10(14)11(6-8)16-12-7-15-5-4-9(12)13(17)18/h2-7,16H,1H3,(H,17,18). The van der Waals surface area contributed by atoms with Crippen molar-refractivity contribution in [3.8, 4) is 0 Å². The molecule has 1 aromatic heterocycles. The molecule has 1 heterocycles. The summed E-state index contributed by atoms with van der Waals surface area (Å²) in [5, 5.41) is 11.8. The Labute approximate surface area is 103 Å². The third kappa shape index (κ3) is 2.45. The van der Waals surface area contributed by atoms with Crippen molar-refractivity contribution in [3.05, 3.63) is 53.6 Å². The monoisotopic (exact) mass is 246 g/mol. The van der Waals surface area contributed by atoms with Gasteiger partial charge in [0.1, 0.15) is 5.82 Å². The molecule has 4 nitrogen and oxygen atoms in total. The van der Waals surface area contributed by atoms with E-state index in [2.05, 4.69) is 10.3 Å². The summed E-state index contributed by atoms with van der Waals surface area (Å²) in [6, 6.07) is 5.93. The van der Waals surface area contributed by atoms with Crippen LogP contribution in [0, 0.1) is 12.7 Å². The summed E-state index contributed by atoms with van der Waals surface area (Å²) in [7, 11) is 0. The highest BCUT2D eigenvalue weighted by molar-refractivity contribution is 5.94. The Bertz CT molecular complexity index is 599. The van der Waals surface area contributed by atoms with E-state index in [1.807, 2.05) is 6.92 Å². The maximum atomic E-state index is 13.6. The number of anilines is 2. The van der Waals surface area contributed by atoms with Crippen molar-refractivity contribution >= 4 is 17.3 Å². The molecule has 0 unspecified atom stereocenters. The Morgan fingerprint density at radius 2 is 2.11 bits per heavy atom. The van der Waals surface area contributed by atoms with E-state index in [1.54, 1.807) is 12.1 Å². The smallest absolute Gasteiger partial charge is 0.337 e. The lowest BCUT2D eigenvalue weighted by Crippen LogP contribution is -2.04. The van der Waals surface area contributed by atoms with E-state index >= 15 is 0 Å². The number of carboxylic acids is 1. The summed E-state index contributed by atoms with van der Waals surface area (Å²) in [6.45, 7) is 1.83. The summed E-state index contributed by atoms with van der Waals surface area (Å²) in [5.74, 6) is -1.53. The molecule has 0 saturated carbocycles. The Balaban J connectivity index is 2.40.